The average molecular weight is 289 g/mol. The highest BCUT2D eigenvalue weighted by atomic mass is 16.5. The van der Waals surface area contributed by atoms with Gasteiger partial charge in [0, 0.05) is 11.7 Å². The maximum atomic E-state index is 11.6. The van der Waals surface area contributed by atoms with Crippen LogP contribution >= 0.6 is 0 Å². The summed E-state index contributed by atoms with van der Waals surface area (Å²) in [6, 6.07) is 6.23. The Kier molecular flexibility index (Phi) is 5.27. The number of benzene rings is 1. The van der Waals surface area contributed by atoms with Gasteiger partial charge in [0.05, 0.1) is 12.7 Å². The van der Waals surface area contributed by atoms with Gasteiger partial charge in [-0.05, 0) is 62.1 Å². The second-order valence-corrected chi connectivity index (χ2v) is 6.52. The fraction of sp³-hybridized carbons (Fsp3) is 0.611. The van der Waals surface area contributed by atoms with Crippen molar-refractivity contribution in [1.29, 1.82) is 0 Å². The Morgan fingerprint density at radius 3 is 2.48 bits per heavy atom. The zero-order valence-corrected chi connectivity index (χ0v) is 13.6. The van der Waals surface area contributed by atoms with Crippen molar-refractivity contribution >= 4 is 11.7 Å². The van der Waals surface area contributed by atoms with Crippen LogP contribution in [0.25, 0.3) is 0 Å². The molecule has 0 radical (unpaired) electrons. The second kappa shape index (κ2) is 6.97. The van der Waals surface area contributed by atoms with Crippen LogP contribution in [0.1, 0.15) is 55.5 Å². The van der Waals surface area contributed by atoms with Crippen molar-refractivity contribution < 1.29 is 9.53 Å². The Hall–Kier alpha value is -1.51. The van der Waals surface area contributed by atoms with Gasteiger partial charge in [-0.25, -0.2) is 4.79 Å². The Morgan fingerprint density at radius 2 is 1.90 bits per heavy atom. The molecule has 1 aromatic carbocycles. The SMILES string of the molecule is COC(=O)c1ccc(C)c(NC2CCC(C(C)C)CC2)c1. The number of methoxy groups -OCH3 is 1. The van der Waals surface area contributed by atoms with E-state index in [0.29, 0.717) is 11.6 Å². The van der Waals surface area contributed by atoms with E-state index in [1.165, 1.54) is 38.4 Å². The molecule has 21 heavy (non-hydrogen) atoms. The Balaban J connectivity index is 2.01. The van der Waals surface area contributed by atoms with Gasteiger partial charge in [-0.15, -0.1) is 0 Å². The third-order valence-electron chi connectivity index (χ3n) is 4.73. The third-order valence-corrected chi connectivity index (χ3v) is 4.73. The molecule has 3 nitrogen and oxygen atoms in total. The minimum absolute atomic E-state index is 0.276. The standard InChI is InChI=1S/C18H27NO2/c1-12(2)14-7-9-16(10-8-14)19-17-11-15(18(20)21-4)6-5-13(17)3/h5-6,11-12,14,16,19H,7-10H2,1-4H3. The maximum absolute atomic E-state index is 11.6. The molecule has 1 aromatic rings. The monoisotopic (exact) mass is 289 g/mol. The van der Waals surface area contributed by atoms with Gasteiger partial charge < -0.3 is 10.1 Å². The molecule has 0 aliphatic heterocycles. The van der Waals surface area contributed by atoms with Crippen molar-refractivity contribution in [2.75, 3.05) is 12.4 Å². The Morgan fingerprint density at radius 1 is 1.24 bits per heavy atom. The predicted octanol–water partition coefficient (Wildman–Crippen LogP) is 4.41. The highest BCUT2D eigenvalue weighted by Crippen LogP contribution is 2.32. The van der Waals surface area contributed by atoms with E-state index in [0.717, 1.165) is 17.5 Å². The van der Waals surface area contributed by atoms with Crippen LogP contribution in [-0.4, -0.2) is 19.1 Å². The van der Waals surface area contributed by atoms with Crippen molar-refractivity contribution in [3.8, 4) is 0 Å². The lowest BCUT2D eigenvalue weighted by molar-refractivity contribution is 0.0601. The van der Waals surface area contributed by atoms with Gasteiger partial charge in [0.1, 0.15) is 0 Å². The second-order valence-electron chi connectivity index (χ2n) is 6.52. The normalized spacial score (nSPS) is 22.1. The summed E-state index contributed by atoms with van der Waals surface area (Å²) < 4.78 is 4.79. The fourth-order valence-electron chi connectivity index (χ4n) is 3.17. The number of aryl methyl sites for hydroxylation is 1. The molecule has 1 aliphatic carbocycles. The molecule has 0 heterocycles. The van der Waals surface area contributed by atoms with Gasteiger partial charge in [0.15, 0.2) is 0 Å². The molecule has 0 aromatic heterocycles. The van der Waals surface area contributed by atoms with Crippen LogP contribution in [0.2, 0.25) is 0 Å². The van der Waals surface area contributed by atoms with E-state index in [1.807, 2.05) is 18.2 Å². The zero-order chi connectivity index (χ0) is 15.4. The molecule has 0 amide bonds. The number of anilines is 1. The lowest BCUT2D eigenvalue weighted by Gasteiger charge is -2.32. The summed E-state index contributed by atoms with van der Waals surface area (Å²) in [5.41, 5.74) is 2.85. The van der Waals surface area contributed by atoms with Crippen LogP contribution in [0.5, 0.6) is 0 Å². The van der Waals surface area contributed by atoms with Crippen LogP contribution in [0.15, 0.2) is 18.2 Å². The highest BCUT2D eigenvalue weighted by Gasteiger charge is 2.23. The van der Waals surface area contributed by atoms with E-state index < -0.39 is 0 Å². The van der Waals surface area contributed by atoms with Crippen LogP contribution in [0, 0.1) is 18.8 Å². The molecular weight excluding hydrogens is 262 g/mol. The number of ether oxygens (including phenoxy) is 1. The van der Waals surface area contributed by atoms with Gasteiger partial charge >= 0.3 is 5.97 Å². The minimum Gasteiger partial charge on any atom is -0.465 e. The molecule has 2 rings (SSSR count). The van der Waals surface area contributed by atoms with Gasteiger partial charge in [-0.3, -0.25) is 0 Å². The van der Waals surface area contributed by atoms with E-state index in [4.69, 9.17) is 4.74 Å². The van der Waals surface area contributed by atoms with E-state index in [2.05, 4.69) is 26.1 Å². The molecule has 116 valence electrons. The van der Waals surface area contributed by atoms with Gasteiger partial charge in [0.2, 0.25) is 0 Å². The van der Waals surface area contributed by atoms with E-state index in [9.17, 15) is 4.79 Å². The number of hydrogen-bond acceptors (Lipinski definition) is 3. The first-order valence-corrected chi connectivity index (χ1v) is 7.96. The molecule has 0 atom stereocenters. The highest BCUT2D eigenvalue weighted by molar-refractivity contribution is 5.90. The van der Waals surface area contributed by atoms with Crippen molar-refractivity contribution in [3.63, 3.8) is 0 Å². The first-order valence-electron chi connectivity index (χ1n) is 7.96. The van der Waals surface area contributed by atoms with E-state index in [-0.39, 0.29) is 5.97 Å². The fourth-order valence-corrected chi connectivity index (χ4v) is 3.17. The lowest BCUT2D eigenvalue weighted by Crippen LogP contribution is -2.28. The predicted molar refractivity (Wildman–Crippen MR) is 86.7 cm³/mol. The zero-order valence-electron chi connectivity index (χ0n) is 13.6. The van der Waals surface area contributed by atoms with Crippen molar-refractivity contribution in [2.24, 2.45) is 11.8 Å². The van der Waals surface area contributed by atoms with Crippen LogP contribution in [-0.2, 0) is 4.74 Å². The Labute approximate surface area is 128 Å². The first kappa shape index (κ1) is 15.9. The number of rotatable bonds is 4. The molecule has 1 aliphatic rings. The summed E-state index contributed by atoms with van der Waals surface area (Å²) >= 11 is 0. The van der Waals surface area contributed by atoms with Gasteiger partial charge in [-0.1, -0.05) is 19.9 Å². The summed E-state index contributed by atoms with van der Waals surface area (Å²) in [6.45, 7) is 6.72. The number of carbonyl (C=O) groups is 1. The van der Waals surface area contributed by atoms with Crippen molar-refractivity contribution in [3.05, 3.63) is 29.3 Å². The molecular formula is C18H27NO2. The molecule has 0 spiro atoms. The summed E-state index contributed by atoms with van der Waals surface area (Å²) in [6.07, 6.45) is 5.02. The van der Waals surface area contributed by atoms with E-state index >= 15 is 0 Å². The summed E-state index contributed by atoms with van der Waals surface area (Å²) in [5, 5.41) is 3.62. The number of hydrogen-bond donors (Lipinski definition) is 1. The van der Waals surface area contributed by atoms with Crippen LogP contribution in [0.3, 0.4) is 0 Å². The number of nitrogens with one attached hydrogen (secondary N) is 1. The minimum atomic E-state index is -0.276. The molecule has 0 unspecified atom stereocenters. The van der Waals surface area contributed by atoms with E-state index in [1.54, 1.807) is 0 Å². The molecule has 1 fully saturated rings. The maximum Gasteiger partial charge on any atom is 0.337 e. The van der Waals surface area contributed by atoms with Gasteiger partial charge in [-0.2, -0.15) is 0 Å². The third kappa shape index (κ3) is 3.99. The average Bonchev–Trinajstić information content (AvgIpc) is 2.49. The molecule has 3 heteroatoms. The number of carbonyl (C=O) groups excluding carboxylic acids is 1. The molecule has 1 saturated carbocycles. The summed E-state index contributed by atoms with van der Waals surface area (Å²) in [7, 11) is 1.42. The van der Waals surface area contributed by atoms with Crippen LogP contribution in [0.4, 0.5) is 5.69 Å². The lowest BCUT2D eigenvalue weighted by atomic mass is 9.79. The smallest absolute Gasteiger partial charge is 0.337 e. The molecule has 0 bridgehead atoms. The van der Waals surface area contributed by atoms with Crippen molar-refractivity contribution in [1.82, 2.24) is 0 Å². The van der Waals surface area contributed by atoms with Crippen molar-refractivity contribution in [2.45, 2.75) is 52.5 Å². The quantitative estimate of drug-likeness (QED) is 0.834. The number of esters is 1. The largest absolute Gasteiger partial charge is 0.465 e. The van der Waals surface area contributed by atoms with Gasteiger partial charge in [0.25, 0.3) is 0 Å². The summed E-state index contributed by atoms with van der Waals surface area (Å²) in [5.74, 6) is 1.38. The molecule has 0 saturated heterocycles. The summed E-state index contributed by atoms with van der Waals surface area (Å²) in [4.78, 5) is 11.6. The first-order chi connectivity index (χ1) is 10.0. The van der Waals surface area contributed by atoms with Crippen LogP contribution < -0.4 is 5.32 Å². The topological polar surface area (TPSA) is 38.3 Å². The Bertz CT molecular complexity index is 488. The molecule has 1 N–H and O–H groups in total.